The van der Waals surface area contributed by atoms with Gasteiger partial charge < -0.3 is 25.8 Å². The Hall–Kier alpha value is -2.41. The second-order valence-electron chi connectivity index (χ2n) is 10.9. The lowest BCUT2D eigenvalue weighted by molar-refractivity contribution is 0.0656. The summed E-state index contributed by atoms with van der Waals surface area (Å²) in [6, 6.07) is 12.0. The standard InChI is InChI=1S/C29H43FN4O5S/c1-20(2)32-23-17-24(28(30)26(18-23)34-12-6-7-15-40(34,37)38)29(36)33-25(16-21-8-4-3-5-9-21)27(35)19-31-22-10-13-39-14-11-22/h3-5,8-9,17-18,20,22,25,27,31-32,35,37-38H,6-7,10-16,19H2,1-2H3,(H,33,36)/t25-,27-/m0/s1. The maximum absolute atomic E-state index is 16.0. The molecule has 2 aromatic rings. The van der Waals surface area contributed by atoms with Crippen molar-refractivity contribution in [2.24, 2.45) is 0 Å². The molecule has 2 aliphatic rings. The fraction of sp³-hybridized carbons (Fsp3) is 0.552. The molecule has 6 N–H and O–H groups in total. The van der Waals surface area contributed by atoms with Crippen molar-refractivity contribution in [3.8, 4) is 0 Å². The first-order chi connectivity index (χ1) is 19.1. The van der Waals surface area contributed by atoms with E-state index < -0.39 is 34.6 Å². The maximum Gasteiger partial charge on any atom is 0.254 e. The lowest BCUT2D eigenvalue weighted by Crippen LogP contribution is -2.50. The predicted octanol–water partition coefficient (Wildman–Crippen LogP) is 4.38. The van der Waals surface area contributed by atoms with Crippen molar-refractivity contribution >= 4 is 28.1 Å². The zero-order valence-corrected chi connectivity index (χ0v) is 24.1. The van der Waals surface area contributed by atoms with Gasteiger partial charge in [-0.25, -0.2) is 4.39 Å². The average molecular weight is 579 g/mol. The first kappa shape index (κ1) is 30.5. The largest absolute Gasteiger partial charge is 0.390 e. The van der Waals surface area contributed by atoms with Gasteiger partial charge in [0.15, 0.2) is 5.82 Å². The van der Waals surface area contributed by atoms with Gasteiger partial charge in [0.2, 0.25) is 0 Å². The van der Waals surface area contributed by atoms with Gasteiger partial charge in [-0.3, -0.25) is 18.2 Å². The van der Waals surface area contributed by atoms with Gasteiger partial charge in [-0.2, -0.15) is 0 Å². The molecule has 0 bridgehead atoms. The fourth-order valence-electron chi connectivity index (χ4n) is 5.19. The van der Waals surface area contributed by atoms with E-state index in [-0.39, 0.29) is 42.2 Å². The van der Waals surface area contributed by atoms with Crippen LogP contribution in [0.1, 0.15) is 55.5 Å². The molecular formula is C29H43FN4O5S. The molecule has 0 radical (unpaired) electrons. The molecule has 2 aromatic carbocycles. The van der Waals surface area contributed by atoms with Gasteiger partial charge in [-0.05, 0) is 63.6 Å². The van der Waals surface area contributed by atoms with Crippen molar-refractivity contribution in [1.29, 1.82) is 0 Å². The van der Waals surface area contributed by atoms with Crippen LogP contribution < -0.4 is 20.3 Å². The van der Waals surface area contributed by atoms with Crippen molar-refractivity contribution in [3.63, 3.8) is 0 Å². The van der Waals surface area contributed by atoms with E-state index in [4.69, 9.17) is 4.74 Å². The van der Waals surface area contributed by atoms with Gasteiger partial charge in [-0.1, -0.05) is 30.3 Å². The highest BCUT2D eigenvalue weighted by atomic mass is 32.3. The monoisotopic (exact) mass is 578 g/mol. The molecule has 0 saturated carbocycles. The minimum atomic E-state index is -3.21. The van der Waals surface area contributed by atoms with Crippen LogP contribution in [0.5, 0.6) is 0 Å². The molecule has 40 heavy (non-hydrogen) atoms. The van der Waals surface area contributed by atoms with Gasteiger partial charge in [0.1, 0.15) is 0 Å². The van der Waals surface area contributed by atoms with Crippen LogP contribution in [0.25, 0.3) is 0 Å². The van der Waals surface area contributed by atoms with Crippen LogP contribution >= 0.6 is 10.8 Å². The molecule has 2 saturated heterocycles. The van der Waals surface area contributed by atoms with Crippen molar-refractivity contribution in [3.05, 3.63) is 59.4 Å². The van der Waals surface area contributed by atoms with Crippen LogP contribution in [0.3, 0.4) is 0 Å². The number of halogens is 1. The minimum absolute atomic E-state index is 0.000140. The summed E-state index contributed by atoms with van der Waals surface area (Å²) in [6.07, 6.45) is 2.45. The second-order valence-corrected chi connectivity index (χ2v) is 13.0. The molecule has 2 atom stereocenters. The van der Waals surface area contributed by atoms with E-state index in [9.17, 15) is 19.0 Å². The number of anilines is 2. The third-order valence-electron chi connectivity index (χ3n) is 7.32. The number of ether oxygens (including phenoxy) is 1. The molecular weight excluding hydrogens is 535 g/mol. The number of hydrogen-bond donors (Lipinski definition) is 6. The molecule has 2 fully saturated rings. The van der Waals surface area contributed by atoms with E-state index in [1.54, 1.807) is 0 Å². The summed E-state index contributed by atoms with van der Waals surface area (Å²) in [5.41, 5.74) is 1.19. The molecule has 0 spiro atoms. The smallest absolute Gasteiger partial charge is 0.254 e. The number of aliphatic hydroxyl groups is 1. The number of carbonyl (C=O) groups is 1. The second kappa shape index (κ2) is 14.0. The number of amides is 1. The summed E-state index contributed by atoms with van der Waals surface area (Å²) in [4.78, 5) is 13.6. The Morgan fingerprint density at radius 1 is 1.15 bits per heavy atom. The third-order valence-corrected chi connectivity index (χ3v) is 9.24. The zero-order valence-electron chi connectivity index (χ0n) is 23.3. The highest BCUT2D eigenvalue weighted by Crippen LogP contribution is 2.51. The number of aliphatic hydroxyl groups excluding tert-OH is 1. The van der Waals surface area contributed by atoms with Crippen LogP contribution in [0.15, 0.2) is 42.5 Å². The molecule has 0 aromatic heterocycles. The summed E-state index contributed by atoms with van der Waals surface area (Å²) in [6.45, 7) is 5.73. The molecule has 2 heterocycles. The molecule has 9 nitrogen and oxygen atoms in total. The fourth-order valence-corrected chi connectivity index (χ4v) is 6.87. The number of nitrogens with zero attached hydrogens (tertiary/aromatic N) is 1. The van der Waals surface area contributed by atoms with Gasteiger partial charge in [-0.15, -0.1) is 10.8 Å². The van der Waals surface area contributed by atoms with Crippen molar-refractivity contribution in [1.82, 2.24) is 10.6 Å². The Morgan fingerprint density at radius 2 is 1.88 bits per heavy atom. The average Bonchev–Trinajstić information content (AvgIpc) is 2.93. The van der Waals surface area contributed by atoms with Gasteiger partial charge in [0.25, 0.3) is 5.91 Å². The Morgan fingerprint density at radius 3 is 2.55 bits per heavy atom. The lowest BCUT2D eigenvalue weighted by atomic mass is 9.99. The van der Waals surface area contributed by atoms with E-state index in [0.29, 0.717) is 38.2 Å². The Bertz CT molecular complexity index is 1120. The molecule has 11 heteroatoms. The number of carbonyl (C=O) groups excluding carboxylic acids is 1. The first-order valence-electron chi connectivity index (χ1n) is 14.1. The quantitative estimate of drug-likeness (QED) is 0.232. The highest BCUT2D eigenvalue weighted by molar-refractivity contribution is 8.25. The van der Waals surface area contributed by atoms with E-state index >= 15 is 4.39 Å². The van der Waals surface area contributed by atoms with Crippen LogP contribution in [0, 0.1) is 5.82 Å². The number of benzene rings is 2. The van der Waals surface area contributed by atoms with Gasteiger partial charge >= 0.3 is 0 Å². The normalized spacial score (nSPS) is 20.1. The highest BCUT2D eigenvalue weighted by Gasteiger charge is 2.32. The predicted molar refractivity (Wildman–Crippen MR) is 159 cm³/mol. The van der Waals surface area contributed by atoms with Crippen LogP contribution in [0.2, 0.25) is 0 Å². The summed E-state index contributed by atoms with van der Waals surface area (Å²) < 4.78 is 44.1. The summed E-state index contributed by atoms with van der Waals surface area (Å²) >= 11 is 0. The maximum atomic E-state index is 16.0. The van der Waals surface area contributed by atoms with E-state index in [1.807, 2.05) is 44.2 Å². The van der Waals surface area contributed by atoms with Gasteiger partial charge in [0, 0.05) is 44.1 Å². The van der Waals surface area contributed by atoms with Crippen molar-refractivity contribution in [2.45, 2.75) is 70.2 Å². The molecule has 1 amide bonds. The van der Waals surface area contributed by atoms with E-state index in [2.05, 4.69) is 16.0 Å². The summed E-state index contributed by atoms with van der Waals surface area (Å²) in [7, 11) is -3.21. The lowest BCUT2D eigenvalue weighted by Gasteiger charge is -2.47. The number of hydrogen-bond acceptors (Lipinski definition) is 8. The first-order valence-corrected chi connectivity index (χ1v) is 15.8. The SMILES string of the molecule is CC(C)Nc1cc(C(=O)N[C@@H](Cc2ccccc2)[C@@H](O)CNC2CCOCC2)c(F)c(N2CCCCS2(O)O)c1. The van der Waals surface area contributed by atoms with Crippen molar-refractivity contribution in [2.75, 3.05) is 41.7 Å². The molecule has 0 aliphatic carbocycles. The molecule has 222 valence electrons. The van der Waals surface area contributed by atoms with Crippen LogP contribution in [0.4, 0.5) is 15.8 Å². The van der Waals surface area contributed by atoms with Crippen molar-refractivity contribution < 1.29 is 28.1 Å². The molecule has 0 unspecified atom stereocenters. The number of nitrogens with one attached hydrogen (secondary N) is 3. The van der Waals surface area contributed by atoms with E-state index in [0.717, 1.165) is 18.4 Å². The summed E-state index contributed by atoms with van der Waals surface area (Å²) in [5.74, 6) is -1.34. The topological polar surface area (TPSA) is 126 Å². The molecule has 4 rings (SSSR count). The Labute approximate surface area is 238 Å². The summed E-state index contributed by atoms with van der Waals surface area (Å²) in [5, 5.41) is 20.7. The van der Waals surface area contributed by atoms with Gasteiger partial charge in [0.05, 0.1) is 29.1 Å². The number of rotatable bonds is 11. The third kappa shape index (κ3) is 8.08. The van der Waals surface area contributed by atoms with E-state index in [1.165, 1.54) is 16.4 Å². The van der Waals surface area contributed by atoms with Crippen LogP contribution in [-0.2, 0) is 11.2 Å². The molecule has 2 aliphatic heterocycles. The Kier molecular flexibility index (Phi) is 10.7. The Balaban J connectivity index is 1.60. The zero-order chi connectivity index (χ0) is 28.7. The van der Waals surface area contributed by atoms with Crippen LogP contribution in [-0.4, -0.2) is 76.4 Å². The minimum Gasteiger partial charge on any atom is -0.390 e.